The molecule has 4 atom stereocenters. The van der Waals surface area contributed by atoms with Crippen molar-refractivity contribution in [3.63, 3.8) is 0 Å². The van der Waals surface area contributed by atoms with Crippen LogP contribution in [0.4, 0.5) is 4.79 Å². The average molecular weight is 255 g/mol. The molecule has 0 aromatic rings. The molecule has 2 rings (SSSR count). The summed E-state index contributed by atoms with van der Waals surface area (Å²) in [6.45, 7) is 1.40. The standard InChI is InChI=1S/C11H17N3O4/c1-5-3-14(11(18)13-10(5)12)7-2-6(4-15)8(16)9(7)17/h2-3,7-10,15-17H,4,12H2,1H3,(H,13,18)/t7-,8+,9?,10?/m1/s1. The molecule has 1 heterocycles. The van der Waals surface area contributed by atoms with Crippen molar-refractivity contribution in [1.29, 1.82) is 0 Å². The molecular formula is C11H17N3O4. The fourth-order valence-electron chi connectivity index (χ4n) is 2.11. The Hall–Kier alpha value is -1.41. The van der Waals surface area contributed by atoms with Crippen molar-refractivity contribution in [1.82, 2.24) is 10.2 Å². The molecule has 18 heavy (non-hydrogen) atoms. The van der Waals surface area contributed by atoms with Crippen LogP contribution in [-0.2, 0) is 0 Å². The minimum Gasteiger partial charge on any atom is -0.392 e. The molecule has 0 aromatic heterocycles. The van der Waals surface area contributed by atoms with Crippen LogP contribution in [-0.4, -0.2) is 57.3 Å². The van der Waals surface area contributed by atoms with Gasteiger partial charge in [0.25, 0.3) is 0 Å². The lowest BCUT2D eigenvalue weighted by Crippen LogP contribution is -2.56. The molecule has 6 N–H and O–H groups in total. The van der Waals surface area contributed by atoms with E-state index in [0.717, 1.165) is 5.57 Å². The van der Waals surface area contributed by atoms with E-state index in [0.29, 0.717) is 5.57 Å². The minimum atomic E-state index is -1.16. The molecule has 0 saturated carbocycles. The molecule has 7 heteroatoms. The summed E-state index contributed by atoms with van der Waals surface area (Å²) >= 11 is 0. The zero-order chi connectivity index (χ0) is 13.4. The molecular weight excluding hydrogens is 238 g/mol. The van der Waals surface area contributed by atoms with Crippen molar-refractivity contribution in [3.8, 4) is 0 Å². The number of nitrogens with zero attached hydrogens (tertiary/aromatic N) is 1. The quantitative estimate of drug-likeness (QED) is 0.374. The van der Waals surface area contributed by atoms with Gasteiger partial charge >= 0.3 is 6.03 Å². The van der Waals surface area contributed by atoms with Gasteiger partial charge in [-0.25, -0.2) is 4.79 Å². The van der Waals surface area contributed by atoms with Gasteiger partial charge in [-0.15, -0.1) is 0 Å². The third-order valence-electron chi connectivity index (χ3n) is 3.29. The van der Waals surface area contributed by atoms with Crippen LogP contribution in [0, 0.1) is 0 Å². The zero-order valence-electron chi connectivity index (χ0n) is 9.95. The number of amides is 2. The maximum atomic E-state index is 11.8. The number of aliphatic hydroxyl groups is 3. The van der Waals surface area contributed by atoms with Crippen LogP contribution in [0.1, 0.15) is 6.92 Å². The number of hydrogen-bond acceptors (Lipinski definition) is 5. The first-order valence-electron chi connectivity index (χ1n) is 5.66. The number of carbonyl (C=O) groups is 1. The Bertz CT molecular complexity index is 421. The van der Waals surface area contributed by atoms with Gasteiger partial charge in [-0.2, -0.15) is 0 Å². The van der Waals surface area contributed by atoms with Gasteiger partial charge in [0.05, 0.1) is 12.6 Å². The highest BCUT2D eigenvalue weighted by Crippen LogP contribution is 2.26. The predicted octanol–water partition coefficient (Wildman–Crippen LogP) is -1.78. The van der Waals surface area contributed by atoms with Crippen molar-refractivity contribution in [3.05, 3.63) is 23.4 Å². The Kier molecular flexibility index (Phi) is 3.40. The van der Waals surface area contributed by atoms with Crippen LogP contribution in [0.25, 0.3) is 0 Å². The van der Waals surface area contributed by atoms with Crippen LogP contribution in [0.2, 0.25) is 0 Å². The van der Waals surface area contributed by atoms with E-state index in [2.05, 4.69) is 5.32 Å². The van der Waals surface area contributed by atoms with Crippen molar-refractivity contribution in [2.75, 3.05) is 6.61 Å². The zero-order valence-corrected chi connectivity index (χ0v) is 9.95. The molecule has 0 saturated heterocycles. The van der Waals surface area contributed by atoms with Crippen molar-refractivity contribution >= 4 is 6.03 Å². The second kappa shape index (κ2) is 4.69. The van der Waals surface area contributed by atoms with E-state index in [1.54, 1.807) is 13.1 Å². The molecule has 7 nitrogen and oxygen atoms in total. The highest BCUT2D eigenvalue weighted by molar-refractivity contribution is 5.78. The average Bonchev–Trinajstić information content (AvgIpc) is 2.61. The number of nitrogens with one attached hydrogen (secondary N) is 1. The summed E-state index contributed by atoms with van der Waals surface area (Å²) in [4.78, 5) is 13.1. The van der Waals surface area contributed by atoms with E-state index in [4.69, 9.17) is 10.8 Å². The number of rotatable bonds is 2. The maximum absolute atomic E-state index is 11.8. The van der Waals surface area contributed by atoms with Crippen LogP contribution in [0.5, 0.6) is 0 Å². The van der Waals surface area contributed by atoms with E-state index in [9.17, 15) is 15.0 Å². The maximum Gasteiger partial charge on any atom is 0.323 e. The lowest BCUT2D eigenvalue weighted by atomic mass is 10.1. The Balaban J connectivity index is 2.27. The summed E-state index contributed by atoms with van der Waals surface area (Å²) in [5.74, 6) is 0. The van der Waals surface area contributed by atoms with Crippen molar-refractivity contribution < 1.29 is 20.1 Å². The molecule has 0 radical (unpaired) electrons. The van der Waals surface area contributed by atoms with Crippen LogP contribution in [0.3, 0.4) is 0 Å². The number of aliphatic hydroxyl groups excluding tert-OH is 3. The largest absolute Gasteiger partial charge is 0.392 e. The number of hydrogen-bond donors (Lipinski definition) is 5. The van der Waals surface area contributed by atoms with Gasteiger partial charge in [-0.3, -0.25) is 4.90 Å². The first kappa shape index (κ1) is 13.0. The normalized spacial score (nSPS) is 36.3. The molecule has 0 aromatic carbocycles. The highest BCUT2D eigenvalue weighted by Gasteiger charge is 2.40. The van der Waals surface area contributed by atoms with Gasteiger partial charge in [0.1, 0.15) is 18.4 Å². The first-order chi connectivity index (χ1) is 8.45. The SMILES string of the molecule is CC1=CN([C@@H]2C=C(CO)[C@H](O)C2O)C(=O)NC1N. The van der Waals surface area contributed by atoms with E-state index >= 15 is 0 Å². The minimum absolute atomic E-state index is 0.307. The smallest absolute Gasteiger partial charge is 0.323 e. The molecule has 0 spiro atoms. The third kappa shape index (κ3) is 2.01. The predicted molar refractivity (Wildman–Crippen MR) is 63.1 cm³/mol. The second-order valence-electron chi connectivity index (χ2n) is 4.53. The number of nitrogens with two attached hydrogens (primary N) is 1. The topological polar surface area (TPSA) is 119 Å². The van der Waals surface area contributed by atoms with Crippen LogP contribution >= 0.6 is 0 Å². The van der Waals surface area contributed by atoms with E-state index in [1.165, 1.54) is 11.0 Å². The monoisotopic (exact) mass is 255 g/mol. The Morgan fingerprint density at radius 3 is 2.72 bits per heavy atom. The Morgan fingerprint density at radius 1 is 1.50 bits per heavy atom. The second-order valence-corrected chi connectivity index (χ2v) is 4.53. The lowest BCUT2D eigenvalue weighted by Gasteiger charge is -2.34. The molecule has 0 bridgehead atoms. The molecule has 1 aliphatic carbocycles. The molecule has 0 fully saturated rings. The summed E-state index contributed by atoms with van der Waals surface area (Å²) in [5, 5.41) is 31.1. The summed E-state index contributed by atoms with van der Waals surface area (Å²) in [6.07, 6.45) is 0.183. The highest BCUT2D eigenvalue weighted by atomic mass is 16.3. The fraction of sp³-hybridized carbons (Fsp3) is 0.545. The fourth-order valence-corrected chi connectivity index (χ4v) is 2.11. The van der Waals surface area contributed by atoms with Gasteiger partial charge < -0.3 is 26.4 Å². The van der Waals surface area contributed by atoms with Crippen LogP contribution < -0.4 is 11.1 Å². The van der Waals surface area contributed by atoms with Gasteiger partial charge in [-0.05, 0) is 18.1 Å². The van der Waals surface area contributed by atoms with E-state index < -0.39 is 30.4 Å². The molecule has 2 unspecified atom stereocenters. The molecule has 100 valence electrons. The first-order valence-corrected chi connectivity index (χ1v) is 5.66. The molecule has 2 amide bonds. The lowest BCUT2D eigenvalue weighted by molar-refractivity contribution is 0.0195. The Morgan fingerprint density at radius 2 is 2.17 bits per heavy atom. The van der Waals surface area contributed by atoms with Gasteiger partial charge in [0, 0.05) is 6.20 Å². The van der Waals surface area contributed by atoms with E-state index in [-0.39, 0.29) is 6.61 Å². The Labute approximate surface area is 104 Å². The van der Waals surface area contributed by atoms with E-state index in [1.807, 2.05) is 0 Å². The van der Waals surface area contributed by atoms with Crippen molar-refractivity contribution in [2.45, 2.75) is 31.3 Å². The summed E-state index contributed by atoms with van der Waals surface area (Å²) in [7, 11) is 0. The summed E-state index contributed by atoms with van der Waals surface area (Å²) in [6, 6.07) is -1.15. The van der Waals surface area contributed by atoms with Gasteiger partial charge in [-0.1, -0.05) is 6.08 Å². The van der Waals surface area contributed by atoms with Gasteiger partial charge in [0.15, 0.2) is 0 Å². The molecule has 1 aliphatic heterocycles. The van der Waals surface area contributed by atoms with Crippen molar-refractivity contribution in [2.24, 2.45) is 5.73 Å². The van der Waals surface area contributed by atoms with Gasteiger partial charge in [0.2, 0.25) is 0 Å². The van der Waals surface area contributed by atoms with Crippen LogP contribution in [0.15, 0.2) is 23.4 Å². The number of urea groups is 1. The number of carbonyl (C=O) groups excluding carboxylic acids is 1. The summed E-state index contributed by atoms with van der Waals surface area (Å²) in [5.41, 5.74) is 6.70. The third-order valence-corrected chi connectivity index (χ3v) is 3.29. The summed E-state index contributed by atoms with van der Waals surface area (Å²) < 4.78 is 0. The molecule has 2 aliphatic rings.